The molecule has 0 aromatic rings. The zero-order valence-corrected chi connectivity index (χ0v) is 12.0. The van der Waals surface area contributed by atoms with E-state index in [2.05, 4.69) is 24.5 Å². The van der Waals surface area contributed by atoms with Gasteiger partial charge in [0.05, 0.1) is 6.04 Å². The topological polar surface area (TPSA) is 41.1 Å². The third-order valence-corrected chi connectivity index (χ3v) is 4.89. The minimum atomic E-state index is 0.0429. The Morgan fingerprint density at radius 3 is 2.33 bits per heavy atom. The smallest absolute Gasteiger partial charge is 0.236 e. The van der Waals surface area contributed by atoms with E-state index in [1.807, 2.05) is 0 Å². The third kappa shape index (κ3) is 3.25. The maximum atomic E-state index is 11.8. The van der Waals surface area contributed by atoms with E-state index in [9.17, 15) is 4.79 Å². The summed E-state index contributed by atoms with van der Waals surface area (Å²) in [5.74, 6) is 3.49. The largest absolute Gasteiger partial charge is 0.358 e. The molecule has 4 atom stereocenters. The van der Waals surface area contributed by atoms with E-state index in [4.69, 9.17) is 0 Å². The molecule has 1 saturated carbocycles. The van der Waals surface area contributed by atoms with Crippen molar-refractivity contribution < 1.29 is 4.79 Å². The van der Waals surface area contributed by atoms with E-state index in [-0.39, 0.29) is 11.9 Å². The van der Waals surface area contributed by atoms with Crippen LogP contribution in [0.3, 0.4) is 0 Å². The predicted molar refractivity (Wildman–Crippen MR) is 74.3 cm³/mol. The van der Waals surface area contributed by atoms with Gasteiger partial charge in [0.25, 0.3) is 0 Å². The molecular weight excluding hydrogens is 224 g/mol. The van der Waals surface area contributed by atoms with Crippen LogP contribution in [-0.4, -0.2) is 25.5 Å². The van der Waals surface area contributed by atoms with Crippen molar-refractivity contribution in [1.82, 2.24) is 10.6 Å². The van der Waals surface area contributed by atoms with Crippen molar-refractivity contribution in [2.45, 2.75) is 52.0 Å². The van der Waals surface area contributed by atoms with Crippen LogP contribution in [0.2, 0.25) is 0 Å². The van der Waals surface area contributed by atoms with Gasteiger partial charge in [-0.15, -0.1) is 0 Å². The zero-order valence-electron chi connectivity index (χ0n) is 12.0. The maximum Gasteiger partial charge on any atom is 0.236 e. The summed E-state index contributed by atoms with van der Waals surface area (Å²) in [5.41, 5.74) is 0. The van der Waals surface area contributed by atoms with Gasteiger partial charge in [0, 0.05) is 7.05 Å². The molecule has 0 aromatic carbocycles. The summed E-state index contributed by atoms with van der Waals surface area (Å²) in [6, 6.07) is 0.0429. The van der Waals surface area contributed by atoms with Crippen LogP contribution in [0, 0.1) is 23.7 Å². The molecular formula is C15H28N2O. The molecule has 0 radical (unpaired) electrons. The average Bonchev–Trinajstić information content (AvgIpc) is 2.37. The van der Waals surface area contributed by atoms with E-state index in [1.54, 1.807) is 7.05 Å². The molecule has 2 N–H and O–H groups in total. The number of piperidine rings is 1. The fourth-order valence-electron chi connectivity index (χ4n) is 4.14. The van der Waals surface area contributed by atoms with Crippen molar-refractivity contribution in [2.75, 3.05) is 13.6 Å². The van der Waals surface area contributed by atoms with Crippen molar-refractivity contribution >= 4 is 5.91 Å². The highest BCUT2D eigenvalue weighted by molar-refractivity contribution is 5.81. The molecule has 2 rings (SSSR count). The molecule has 104 valence electrons. The van der Waals surface area contributed by atoms with Gasteiger partial charge in [-0.1, -0.05) is 13.8 Å². The first kappa shape index (κ1) is 13.9. The van der Waals surface area contributed by atoms with Crippen LogP contribution in [0.25, 0.3) is 0 Å². The minimum Gasteiger partial charge on any atom is -0.358 e. The molecule has 0 bridgehead atoms. The summed E-state index contributed by atoms with van der Waals surface area (Å²) in [7, 11) is 1.73. The lowest BCUT2D eigenvalue weighted by Gasteiger charge is -2.40. The molecule has 2 aliphatic rings. The van der Waals surface area contributed by atoms with E-state index in [0.717, 1.165) is 36.6 Å². The lowest BCUT2D eigenvalue weighted by molar-refractivity contribution is -0.123. The number of carbonyl (C=O) groups is 1. The highest BCUT2D eigenvalue weighted by Gasteiger charge is 2.34. The Morgan fingerprint density at radius 2 is 1.72 bits per heavy atom. The second-order valence-corrected chi connectivity index (χ2v) is 6.58. The van der Waals surface area contributed by atoms with E-state index < -0.39 is 0 Å². The number of carbonyl (C=O) groups excluding carboxylic acids is 1. The second kappa shape index (κ2) is 6.05. The van der Waals surface area contributed by atoms with E-state index >= 15 is 0 Å². The van der Waals surface area contributed by atoms with Gasteiger partial charge in [0.1, 0.15) is 0 Å². The van der Waals surface area contributed by atoms with Gasteiger partial charge in [-0.3, -0.25) is 4.79 Å². The van der Waals surface area contributed by atoms with Crippen molar-refractivity contribution in [3.05, 3.63) is 0 Å². The Bertz CT molecular complexity index is 282. The average molecular weight is 252 g/mol. The van der Waals surface area contributed by atoms with Crippen molar-refractivity contribution in [3.63, 3.8) is 0 Å². The molecule has 1 aliphatic heterocycles. The molecule has 0 aromatic heterocycles. The first-order valence-corrected chi connectivity index (χ1v) is 7.55. The Hall–Kier alpha value is -0.570. The maximum absolute atomic E-state index is 11.8. The lowest BCUT2D eigenvalue weighted by atomic mass is 9.68. The summed E-state index contributed by atoms with van der Waals surface area (Å²) in [5, 5.41) is 6.12. The van der Waals surface area contributed by atoms with Crippen molar-refractivity contribution in [1.29, 1.82) is 0 Å². The Labute approximate surface area is 111 Å². The van der Waals surface area contributed by atoms with Crippen LogP contribution in [0.1, 0.15) is 46.0 Å². The van der Waals surface area contributed by atoms with Crippen LogP contribution >= 0.6 is 0 Å². The standard InChI is InChI=1S/C15H28N2O/c1-10-6-11(2)8-13(7-10)12-4-5-17-14(9-12)15(18)16-3/h10-14,17H,4-9H2,1-3H3,(H,16,18). The number of hydrogen-bond donors (Lipinski definition) is 2. The molecule has 18 heavy (non-hydrogen) atoms. The molecule has 4 unspecified atom stereocenters. The summed E-state index contributed by atoms with van der Waals surface area (Å²) >= 11 is 0. The number of amides is 1. The molecule has 1 aliphatic carbocycles. The predicted octanol–water partition coefficient (Wildman–Crippen LogP) is 2.17. The summed E-state index contributed by atoms with van der Waals surface area (Å²) in [6.07, 6.45) is 6.41. The van der Waals surface area contributed by atoms with Crippen LogP contribution in [-0.2, 0) is 4.79 Å². The first-order valence-electron chi connectivity index (χ1n) is 7.55. The van der Waals surface area contributed by atoms with Crippen LogP contribution in [0.15, 0.2) is 0 Å². The number of likely N-dealkylation sites (N-methyl/N-ethyl adjacent to an activating group) is 1. The van der Waals surface area contributed by atoms with Gasteiger partial charge >= 0.3 is 0 Å². The Morgan fingerprint density at radius 1 is 1.06 bits per heavy atom. The third-order valence-electron chi connectivity index (χ3n) is 4.89. The van der Waals surface area contributed by atoms with Crippen LogP contribution in [0.4, 0.5) is 0 Å². The molecule has 3 heteroatoms. The quantitative estimate of drug-likeness (QED) is 0.791. The Balaban J connectivity index is 1.93. The van der Waals surface area contributed by atoms with Gasteiger partial charge in [0.2, 0.25) is 5.91 Å². The lowest BCUT2D eigenvalue weighted by Crippen LogP contribution is -2.49. The fourth-order valence-corrected chi connectivity index (χ4v) is 4.14. The molecule has 1 amide bonds. The van der Waals surface area contributed by atoms with Gasteiger partial charge in [-0.05, 0) is 62.3 Å². The first-order chi connectivity index (χ1) is 8.60. The second-order valence-electron chi connectivity index (χ2n) is 6.58. The monoisotopic (exact) mass is 252 g/mol. The van der Waals surface area contributed by atoms with Gasteiger partial charge in [-0.2, -0.15) is 0 Å². The van der Waals surface area contributed by atoms with E-state index in [0.29, 0.717) is 0 Å². The summed E-state index contributed by atoms with van der Waals surface area (Å²) in [4.78, 5) is 11.8. The molecule has 0 spiro atoms. The van der Waals surface area contributed by atoms with Crippen molar-refractivity contribution in [2.24, 2.45) is 23.7 Å². The Kier molecular flexibility index (Phi) is 4.66. The molecule has 3 nitrogen and oxygen atoms in total. The minimum absolute atomic E-state index is 0.0429. The highest BCUT2D eigenvalue weighted by atomic mass is 16.2. The number of nitrogens with one attached hydrogen (secondary N) is 2. The number of rotatable bonds is 2. The summed E-state index contributed by atoms with van der Waals surface area (Å²) in [6.45, 7) is 5.78. The van der Waals surface area contributed by atoms with Crippen LogP contribution in [0.5, 0.6) is 0 Å². The van der Waals surface area contributed by atoms with Gasteiger partial charge in [-0.25, -0.2) is 0 Å². The van der Waals surface area contributed by atoms with E-state index in [1.165, 1.54) is 25.7 Å². The molecule has 1 heterocycles. The normalized spacial score (nSPS) is 41.4. The SMILES string of the molecule is CNC(=O)C1CC(C2CC(C)CC(C)C2)CCN1. The highest BCUT2D eigenvalue weighted by Crippen LogP contribution is 2.40. The zero-order chi connectivity index (χ0) is 13.1. The number of hydrogen-bond acceptors (Lipinski definition) is 2. The van der Waals surface area contributed by atoms with Crippen LogP contribution < -0.4 is 10.6 Å². The molecule has 2 fully saturated rings. The summed E-state index contributed by atoms with van der Waals surface area (Å²) < 4.78 is 0. The van der Waals surface area contributed by atoms with Crippen molar-refractivity contribution in [3.8, 4) is 0 Å². The van der Waals surface area contributed by atoms with Gasteiger partial charge in [0.15, 0.2) is 0 Å². The molecule has 1 saturated heterocycles. The van der Waals surface area contributed by atoms with Gasteiger partial charge < -0.3 is 10.6 Å². The fraction of sp³-hybridized carbons (Fsp3) is 0.933.